The molecule has 0 saturated carbocycles. The summed E-state index contributed by atoms with van der Waals surface area (Å²) in [7, 11) is 0. The van der Waals surface area contributed by atoms with Crippen LogP contribution in [0.15, 0.2) is 94.3 Å². The molecule has 0 fully saturated rings. The molecular formula is C27H23N3O5S. The predicted octanol–water partition coefficient (Wildman–Crippen LogP) is 5.58. The number of anilines is 2. The lowest BCUT2D eigenvalue weighted by Crippen LogP contribution is -2.24. The molecule has 0 bridgehead atoms. The summed E-state index contributed by atoms with van der Waals surface area (Å²) in [6.45, 7) is 1.93. The summed E-state index contributed by atoms with van der Waals surface area (Å²) in [4.78, 5) is 40.6. The van der Waals surface area contributed by atoms with Crippen molar-refractivity contribution in [2.75, 3.05) is 10.6 Å². The van der Waals surface area contributed by atoms with E-state index in [2.05, 4.69) is 15.6 Å². The molecule has 8 nitrogen and oxygen atoms in total. The van der Waals surface area contributed by atoms with Crippen LogP contribution in [0.4, 0.5) is 11.4 Å². The topological polar surface area (TPSA) is 122 Å². The molecule has 0 radical (unpaired) electrons. The summed E-state index contributed by atoms with van der Waals surface area (Å²) in [5.74, 6) is -1.38. The highest BCUT2D eigenvalue weighted by Crippen LogP contribution is 2.29. The minimum absolute atomic E-state index is 0.143. The third-order valence-corrected chi connectivity index (χ3v) is 6.47. The number of hydrogen-bond donors (Lipinski definition) is 3. The van der Waals surface area contributed by atoms with Gasteiger partial charge in [-0.05, 0) is 61.0 Å². The second kappa shape index (κ2) is 11.4. The van der Waals surface area contributed by atoms with E-state index in [0.29, 0.717) is 29.3 Å². The molecule has 3 N–H and O–H groups in total. The average Bonchev–Trinajstić information content (AvgIpc) is 3.31. The second-order valence-corrected chi connectivity index (χ2v) is 9.03. The Labute approximate surface area is 211 Å². The number of fused-ring (bicyclic) bond motifs is 1. The van der Waals surface area contributed by atoms with Crippen LogP contribution in [0.2, 0.25) is 0 Å². The third kappa shape index (κ3) is 6.39. The minimum Gasteiger partial charge on any atom is -0.478 e. The zero-order chi connectivity index (χ0) is 25.5. The molecule has 3 aromatic carbocycles. The van der Waals surface area contributed by atoms with Gasteiger partial charge in [0.25, 0.3) is 0 Å². The first-order valence-electron chi connectivity index (χ1n) is 11.2. The summed E-state index contributed by atoms with van der Waals surface area (Å²) in [5.41, 5.74) is 3.47. The van der Waals surface area contributed by atoms with Gasteiger partial charge in [0, 0.05) is 34.0 Å². The van der Waals surface area contributed by atoms with E-state index in [9.17, 15) is 14.4 Å². The Morgan fingerprint density at radius 3 is 2.47 bits per heavy atom. The van der Waals surface area contributed by atoms with Crippen molar-refractivity contribution in [3.05, 3.63) is 84.9 Å². The zero-order valence-corrected chi connectivity index (χ0v) is 20.1. The molecule has 1 aromatic heterocycles. The molecule has 4 aromatic rings. The number of carbonyl (C=O) groups is 3. The van der Waals surface area contributed by atoms with Gasteiger partial charge in [0.15, 0.2) is 5.58 Å². The van der Waals surface area contributed by atoms with Crippen molar-refractivity contribution >= 4 is 52.0 Å². The number of hydrogen-bond acceptors (Lipinski definition) is 6. The fourth-order valence-corrected chi connectivity index (χ4v) is 4.39. The first kappa shape index (κ1) is 24.7. The summed E-state index contributed by atoms with van der Waals surface area (Å²) < 4.78 is 5.80. The van der Waals surface area contributed by atoms with E-state index in [0.717, 1.165) is 28.1 Å². The Bertz CT molecular complexity index is 1400. The highest BCUT2D eigenvalue weighted by Gasteiger charge is 2.19. The first-order valence-corrected chi connectivity index (χ1v) is 12.0. The monoisotopic (exact) mass is 501 g/mol. The lowest BCUT2D eigenvalue weighted by atomic mass is 10.2. The molecular weight excluding hydrogens is 478 g/mol. The molecule has 0 aliphatic carbocycles. The quantitative estimate of drug-likeness (QED) is 0.202. The molecule has 0 saturated heterocycles. The lowest BCUT2D eigenvalue weighted by molar-refractivity contribution is -0.131. The Kier molecular flexibility index (Phi) is 7.82. The SMILES string of the molecule is CCC(Sc1cccc(NC(=O)/C=C/C(=O)O)c1)C(=O)Nc1ccc(-c2nc3ccccc3o2)cc1. The molecule has 0 aliphatic heterocycles. The molecule has 1 atom stereocenters. The van der Waals surface area contributed by atoms with Gasteiger partial charge in [0.1, 0.15) is 5.52 Å². The fourth-order valence-electron chi connectivity index (χ4n) is 3.38. The first-order chi connectivity index (χ1) is 17.4. The number of aliphatic carboxylic acids is 1. The van der Waals surface area contributed by atoms with Crippen molar-refractivity contribution in [1.29, 1.82) is 0 Å². The molecule has 1 heterocycles. The van der Waals surface area contributed by atoms with Gasteiger partial charge in [-0.2, -0.15) is 0 Å². The van der Waals surface area contributed by atoms with E-state index in [1.807, 2.05) is 49.4 Å². The van der Waals surface area contributed by atoms with Crippen molar-refractivity contribution in [2.45, 2.75) is 23.5 Å². The molecule has 2 amide bonds. The van der Waals surface area contributed by atoms with Crippen LogP contribution in [0.5, 0.6) is 0 Å². The number of para-hydroxylation sites is 2. The van der Waals surface area contributed by atoms with E-state index in [4.69, 9.17) is 9.52 Å². The summed E-state index contributed by atoms with van der Waals surface area (Å²) in [6.07, 6.45) is 2.31. The Hall–Kier alpha value is -4.37. The Balaban J connectivity index is 1.38. The normalized spacial score (nSPS) is 11.9. The number of benzene rings is 3. The zero-order valence-electron chi connectivity index (χ0n) is 19.3. The number of nitrogens with one attached hydrogen (secondary N) is 2. The predicted molar refractivity (Wildman–Crippen MR) is 140 cm³/mol. The Morgan fingerprint density at radius 1 is 0.972 bits per heavy atom. The standard InChI is InChI=1S/C27H23N3O5S/c1-2-23(36-20-7-5-6-19(16-20)28-24(31)14-15-25(32)33)26(34)29-18-12-10-17(11-13-18)27-30-21-8-3-4-9-22(21)35-27/h3-16,23H,2H2,1H3,(H,28,31)(H,29,34)(H,32,33)/b15-14+. The lowest BCUT2D eigenvalue weighted by Gasteiger charge is -2.15. The van der Waals surface area contributed by atoms with Crippen molar-refractivity contribution in [3.8, 4) is 11.5 Å². The smallest absolute Gasteiger partial charge is 0.328 e. The van der Waals surface area contributed by atoms with Crippen LogP contribution in [0.1, 0.15) is 13.3 Å². The highest BCUT2D eigenvalue weighted by molar-refractivity contribution is 8.00. The number of thioether (sulfide) groups is 1. The molecule has 182 valence electrons. The van der Waals surface area contributed by atoms with E-state index >= 15 is 0 Å². The summed E-state index contributed by atoms with van der Waals surface area (Å²) in [6, 6.07) is 21.9. The molecule has 1 unspecified atom stereocenters. The molecule has 0 aliphatic rings. The van der Waals surface area contributed by atoms with Crippen LogP contribution in [0.3, 0.4) is 0 Å². The van der Waals surface area contributed by atoms with E-state index in [-0.39, 0.29) is 11.2 Å². The summed E-state index contributed by atoms with van der Waals surface area (Å²) in [5, 5.41) is 13.8. The van der Waals surface area contributed by atoms with Crippen LogP contribution in [0, 0.1) is 0 Å². The van der Waals surface area contributed by atoms with Gasteiger partial charge < -0.3 is 20.2 Å². The van der Waals surface area contributed by atoms with Crippen molar-refractivity contribution in [2.24, 2.45) is 0 Å². The van der Waals surface area contributed by atoms with Gasteiger partial charge in [-0.25, -0.2) is 9.78 Å². The number of oxazole rings is 1. The van der Waals surface area contributed by atoms with Crippen LogP contribution >= 0.6 is 11.8 Å². The summed E-state index contributed by atoms with van der Waals surface area (Å²) >= 11 is 1.38. The third-order valence-electron chi connectivity index (χ3n) is 5.11. The second-order valence-electron chi connectivity index (χ2n) is 7.76. The highest BCUT2D eigenvalue weighted by atomic mass is 32.2. The molecule has 36 heavy (non-hydrogen) atoms. The number of carboxylic acid groups (broad SMARTS) is 1. The Morgan fingerprint density at radius 2 is 1.75 bits per heavy atom. The van der Waals surface area contributed by atoms with Crippen molar-refractivity contribution in [3.63, 3.8) is 0 Å². The van der Waals surface area contributed by atoms with Crippen LogP contribution < -0.4 is 10.6 Å². The van der Waals surface area contributed by atoms with Crippen LogP contribution in [0.25, 0.3) is 22.6 Å². The fraction of sp³-hybridized carbons (Fsp3) is 0.111. The maximum atomic E-state index is 12.9. The van der Waals surface area contributed by atoms with Crippen molar-refractivity contribution < 1.29 is 23.9 Å². The van der Waals surface area contributed by atoms with Gasteiger partial charge in [0.2, 0.25) is 17.7 Å². The number of amides is 2. The average molecular weight is 502 g/mol. The van der Waals surface area contributed by atoms with E-state index < -0.39 is 11.9 Å². The molecule has 4 rings (SSSR count). The van der Waals surface area contributed by atoms with Gasteiger partial charge in [-0.15, -0.1) is 11.8 Å². The van der Waals surface area contributed by atoms with Gasteiger partial charge in [-0.3, -0.25) is 9.59 Å². The number of aromatic nitrogens is 1. The largest absolute Gasteiger partial charge is 0.478 e. The number of nitrogens with zero attached hydrogens (tertiary/aromatic N) is 1. The van der Waals surface area contributed by atoms with Crippen LogP contribution in [-0.2, 0) is 14.4 Å². The minimum atomic E-state index is -1.20. The number of carboxylic acids is 1. The molecule has 0 spiro atoms. The van der Waals surface area contributed by atoms with E-state index in [1.54, 1.807) is 30.3 Å². The van der Waals surface area contributed by atoms with Gasteiger partial charge in [0.05, 0.1) is 5.25 Å². The maximum Gasteiger partial charge on any atom is 0.328 e. The maximum absolute atomic E-state index is 12.9. The van der Waals surface area contributed by atoms with Gasteiger partial charge in [-0.1, -0.05) is 25.1 Å². The number of carbonyl (C=O) groups excluding carboxylic acids is 2. The van der Waals surface area contributed by atoms with E-state index in [1.165, 1.54) is 11.8 Å². The number of rotatable bonds is 9. The van der Waals surface area contributed by atoms with Crippen molar-refractivity contribution in [1.82, 2.24) is 4.98 Å². The van der Waals surface area contributed by atoms with Crippen LogP contribution in [-0.4, -0.2) is 33.1 Å². The molecule has 9 heteroatoms. The van der Waals surface area contributed by atoms with Gasteiger partial charge >= 0.3 is 5.97 Å².